The molecule has 2 aromatic carbocycles. The van der Waals surface area contributed by atoms with E-state index < -0.39 is 17.7 Å². The van der Waals surface area contributed by atoms with E-state index in [4.69, 9.17) is 16.3 Å². The number of nitrogens with zero attached hydrogens (tertiary/aromatic N) is 2. The number of benzene rings is 2. The van der Waals surface area contributed by atoms with E-state index in [0.29, 0.717) is 16.9 Å². The third-order valence-electron chi connectivity index (χ3n) is 4.98. The summed E-state index contributed by atoms with van der Waals surface area (Å²) in [6, 6.07) is 13.0. The van der Waals surface area contributed by atoms with Crippen molar-refractivity contribution in [3.05, 3.63) is 88.7 Å². The number of carbonyl (C=O) groups excluding carboxylic acids is 2. The van der Waals surface area contributed by atoms with Gasteiger partial charge < -0.3 is 14.9 Å². The Kier molecular flexibility index (Phi) is 5.35. The van der Waals surface area contributed by atoms with Crippen molar-refractivity contribution in [2.24, 2.45) is 0 Å². The smallest absolute Gasteiger partial charge is 0.300 e. The molecule has 1 fully saturated rings. The van der Waals surface area contributed by atoms with Crippen LogP contribution in [0.4, 0.5) is 5.69 Å². The molecule has 1 atom stereocenters. The second-order valence-corrected chi connectivity index (χ2v) is 7.26. The second-order valence-electron chi connectivity index (χ2n) is 6.82. The molecule has 1 aliphatic heterocycles. The lowest BCUT2D eigenvalue weighted by molar-refractivity contribution is -0.132. The van der Waals surface area contributed by atoms with Gasteiger partial charge >= 0.3 is 0 Å². The van der Waals surface area contributed by atoms with Gasteiger partial charge in [0.05, 0.1) is 24.4 Å². The first kappa shape index (κ1) is 20.4. The highest BCUT2D eigenvalue weighted by atomic mass is 35.5. The molecule has 8 heteroatoms. The van der Waals surface area contributed by atoms with Crippen molar-refractivity contribution in [2.75, 3.05) is 12.0 Å². The van der Waals surface area contributed by atoms with Gasteiger partial charge in [0.25, 0.3) is 11.7 Å². The number of phenols is 1. The number of phenolic OH excluding ortho intramolecular Hbond substituents is 1. The number of aromatic nitrogens is 1. The number of amides is 1. The Labute approximate surface area is 182 Å². The van der Waals surface area contributed by atoms with Crippen molar-refractivity contribution >= 4 is 34.7 Å². The Hall–Kier alpha value is -3.84. The first-order chi connectivity index (χ1) is 14.9. The van der Waals surface area contributed by atoms with Gasteiger partial charge in [-0.05, 0) is 42.0 Å². The summed E-state index contributed by atoms with van der Waals surface area (Å²) in [5.41, 5.74) is 0.700. The summed E-state index contributed by atoms with van der Waals surface area (Å²) >= 11 is 6.08. The maximum atomic E-state index is 13.1. The third kappa shape index (κ3) is 3.60. The highest BCUT2D eigenvalue weighted by Crippen LogP contribution is 2.45. The Balaban J connectivity index is 1.97. The first-order valence-corrected chi connectivity index (χ1v) is 9.64. The number of Topliss-reactive ketones (excluding diaryl/α,β-unsaturated/α-hetero) is 1. The van der Waals surface area contributed by atoms with Crippen molar-refractivity contribution < 1.29 is 24.5 Å². The molecule has 1 aliphatic rings. The van der Waals surface area contributed by atoms with Gasteiger partial charge in [0.2, 0.25) is 0 Å². The van der Waals surface area contributed by atoms with Crippen LogP contribution in [0.25, 0.3) is 5.76 Å². The summed E-state index contributed by atoms with van der Waals surface area (Å²) in [6.07, 6.45) is 3.04. The zero-order chi connectivity index (χ0) is 22.1. The Morgan fingerprint density at radius 3 is 2.65 bits per heavy atom. The van der Waals surface area contributed by atoms with E-state index in [2.05, 4.69) is 4.98 Å². The van der Waals surface area contributed by atoms with Crippen molar-refractivity contribution in [3.63, 3.8) is 0 Å². The van der Waals surface area contributed by atoms with E-state index in [0.717, 1.165) is 4.90 Å². The number of anilines is 1. The van der Waals surface area contributed by atoms with Crippen molar-refractivity contribution in [2.45, 2.75) is 6.04 Å². The molecule has 2 heterocycles. The van der Waals surface area contributed by atoms with Crippen LogP contribution in [0.5, 0.6) is 11.5 Å². The minimum atomic E-state index is -1.02. The van der Waals surface area contributed by atoms with Gasteiger partial charge in [0.1, 0.15) is 17.3 Å². The fourth-order valence-electron chi connectivity index (χ4n) is 3.55. The fourth-order valence-corrected chi connectivity index (χ4v) is 3.72. The molecule has 1 saturated heterocycles. The number of aliphatic hydroxyl groups excluding tert-OH is 1. The lowest BCUT2D eigenvalue weighted by atomic mass is 9.96. The number of hydrogen-bond donors (Lipinski definition) is 2. The van der Waals surface area contributed by atoms with E-state index >= 15 is 0 Å². The highest BCUT2D eigenvalue weighted by molar-refractivity contribution is 6.52. The van der Waals surface area contributed by atoms with Crippen LogP contribution in [0, 0.1) is 0 Å². The predicted octanol–water partition coefficient (Wildman–Crippen LogP) is 4.08. The minimum absolute atomic E-state index is 0.0492. The number of rotatable bonds is 4. The van der Waals surface area contributed by atoms with Crippen LogP contribution in [0.2, 0.25) is 5.02 Å². The van der Waals surface area contributed by atoms with Gasteiger partial charge in [0, 0.05) is 23.0 Å². The molecule has 0 spiro atoms. The Morgan fingerprint density at radius 2 is 1.94 bits per heavy atom. The number of ether oxygens (including phenoxy) is 1. The Morgan fingerprint density at radius 1 is 1.13 bits per heavy atom. The van der Waals surface area contributed by atoms with Crippen LogP contribution in [0.15, 0.2) is 72.6 Å². The molecule has 7 nitrogen and oxygen atoms in total. The van der Waals surface area contributed by atoms with Gasteiger partial charge in [-0.3, -0.25) is 19.5 Å². The molecule has 156 valence electrons. The molecular formula is C23H17ClN2O5. The molecule has 0 saturated carbocycles. The van der Waals surface area contributed by atoms with Gasteiger partial charge in [-0.2, -0.15) is 0 Å². The maximum absolute atomic E-state index is 13.1. The molecule has 4 rings (SSSR count). The number of halogens is 1. The molecule has 31 heavy (non-hydrogen) atoms. The quantitative estimate of drug-likeness (QED) is 0.363. The third-order valence-corrected chi connectivity index (χ3v) is 5.22. The van der Waals surface area contributed by atoms with Gasteiger partial charge in [-0.25, -0.2) is 0 Å². The fraction of sp³-hybridized carbons (Fsp3) is 0.0870. The Bertz CT molecular complexity index is 1210. The van der Waals surface area contributed by atoms with E-state index in [-0.39, 0.29) is 27.8 Å². The number of pyridine rings is 1. The van der Waals surface area contributed by atoms with Crippen LogP contribution in [-0.4, -0.2) is 34.0 Å². The monoisotopic (exact) mass is 436 g/mol. The normalized spacial score (nSPS) is 17.7. The first-order valence-electron chi connectivity index (χ1n) is 9.26. The lowest BCUT2D eigenvalue weighted by Gasteiger charge is -2.25. The number of hydrogen-bond acceptors (Lipinski definition) is 6. The molecule has 0 aliphatic carbocycles. The highest BCUT2D eigenvalue weighted by Gasteiger charge is 2.47. The second kappa shape index (κ2) is 8.12. The summed E-state index contributed by atoms with van der Waals surface area (Å²) in [5, 5.41) is 21.7. The number of aliphatic hydroxyl groups is 1. The zero-order valence-corrected chi connectivity index (χ0v) is 17.1. The molecule has 2 N–H and O–H groups in total. The van der Waals surface area contributed by atoms with Crippen LogP contribution < -0.4 is 9.64 Å². The molecule has 1 unspecified atom stereocenters. The van der Waals surface area contributed by atoms with Crippen LogP contribution in [0.1, 0.15) is 17.2 Å². The van der Waals surface area contributed by atoms with Crippen LogP contribution >= 0.6 is 11.6 Å². The van der Waals surface area contributed by atoms with E-state index in [1.807, 2.05) is 0 Å². The van der Waals surface area contributed by atoms with Crippen molar-refractivity contribution in [1.29, 1.82) is 0 Å². The average Bonchev–Trinajstić information content (AvgIpc) is 3.06. The zero-order valence-electron chi connectivity index (χ0n) is 16.3. The molecule has 0 radical (unpaired) electrons. The molecule has 0 bridgehead atoms. The lowest BCUT2D eigenvalue weighted by Crippen LogP contribution is -2.29. The topological polar surface area (TPSA) is 100.0 Å². The summed E-state index contributed by atoms with van der Waals surface area (Å²) < 4.78 is 5.19. The minimum Gasteiger partial charge on any atom is -0.507 e. The summed E-state index contributed by atoms with van der Waals surface area (Å²) in [5.74, 6) is -1.93. The summed E-state index contributed by atoms with van der Waals surface area (Å²) in [6.45, 7) is 0. The molecule has 3 aromatic rings. The maximum Gasteiger partial charge on any atom is 0.300 e. The van der Waals surface area contributed by atoms with Gasteiger partial charge in [-0.15, -0.1) is 0 Å². The largest absolute Gasteiger partial charge is 0.507 e. The standard InChI is InChI=1S/C23H17ClN2O5/c1-31-16-6-2-4-13(10-16)21(28)19-20(14-5-3-9-25-12-14)26(23(30)22(19)29)17-11-15(24)7-8-18(17)27/h2-12,20,27-28H,1H3/b21-19+. The summed E-state index contributed by atoms with van der Waals surface area (Å²) in [4.78, 5) is 31.3. The van der Waals surface area contributed by atoms with E-state index in [9.17, 15) is 19.8 Å². The van der Waals surface area contributed by atoms with Crippen molar-refractivity contribution in [3.8, 4) is 11.5 Å². The molecular weight excluding hydrogens is 420 g/mol. The summed E-state index contributed by atoms with van der Waals surface area (Å²) in [7, 11) is 1.48. The van der Waals surface area contributed by atoms with Gasteiger partial charge in [-0.1, -0.05) is 29.8 Å². The average molecular weight is 437 g/mol. The predicted molar refractivity (Wildman–Crippen MR) is 115 cm³/mol. The van der Waals surface area contributed by atoms with Crippen LogP contribution in [0.3, 0.4) is 0 Å². The number of aromatic hydroxyl groups is 1. The van der Waals surface area contributed by atoms with Crippen LogP contribution in [-0.2, 0) is 9.59 Å². The van der Waals surface area contributed by atoms with Crippen molar-refractivity contribution in [1.82, 2.24) is 4.98 Å². The number of carbonyl (C=O) groups is 2. The molecule has 1 aromatic heterocycles. The SMILES string of the molecule is COc1cccc(/C(O)=C2\C(=O)C(=O)N(c3cc(Cl)ccc3O)C2c2cccnc2)c1. The van der Waals surface area contributed by atoms with E-state index in [1.54, 1.807) is 42.6 Å². The van der Waals surface area contributed by atoms with E-state index in [1.165, 1.54) is 31.5 Å². The van der Waals surface area contributed by atoms with Gasteiger partial charge in [0.15, 0.2) is 0 Å². The number of ketones is 1. The number of methoxy groups -OCH3 is 1. The molecule has 1 amide bonds.